The lowest BCUT2D eigenvalue weighted by Crippen LogP contribution is -2.18. The lowest BCUT2D eigenvalue weighted by Gasteiger charge is -2.06. The van der Waals surface area contributed by atoms with Crippen LogP contribution < -0.4 is 10.2 Å². The average molecular weight is 350 g/mol. The maximum absolute atomic E-state index is 12.3. The van der Waals surface area contributed by atoms with Gasteiger partial charge in [0, 0.05) is 23.5 Å². The molecule has 2 aromatic carbocycles. The van der Waals surface area contributed by atoms with Crippen LogP contribution in [0.25, 0.3) is 0 Å². The summed E-state index contributed by atoms with van der Waals surface area (Å²) in [6.45, 7) is 0.578. The Morgan fingerprint density at radius 1 is 1.31 bits per heavy atom. The normalized spacial score (nSPS) is 10.8. The molecule has 1 aromatic heterocycles. The van der Waals surface area contributed by atoms with E-state index in [4.69, 9.17) is 4.74 Å². The molecule has 3 aromatic rings. The first-order chi connectivity index (χ1) is 12.7. The van der Waals surface area contributed by atoms with Gasteiger partial charge in [0.2, 0.25) is 0 Å². The van der Waals surface area contributed by atoms with Crippen LogP contribution in [0.1, 0.15) is 21.5 Å². The molecule has 0 atom stereocenters. The van der Waals surface area contributed by atoms with E-state index in [1.807, 2.05) is 24.4 Å². The fourth-order valence-corrected chi connectivity index (χ4v) is 2.43. The summed E-state index contributed by atoms with van der Waals surface area (Å²) in [5, 5.41) is 18.0. The second-order valence-electron chi connectivity index (χ2n) is 5.50. The quantitative estimate of drug-likeness (QED) is 0.528. The van der Waals surface area contributed by atoms with E-state index in [0.29, 0.717) is 23.4 Å². The Balaban J connectivity index is 1.67. The van der Waals surface area contributed by atoms with Gasteiger partial charge in [-0.3, -0.25) is 9.48 Å². The summed E-state index contributed by atoms with van der Waals surface area (Å²) in [7, 11) is 1.47. The van der Waals surface area contributed by atoms with E-state index in [-0.39, 0.29) is 11.7 Å². The Morgan fingerprint density at radius 2 is 2.15 bits per heavy atom. The first-order valence-corrected chi connectivity index (χ1v) is 7.93. The minimum atomic E-state index is -0.342. The number of rotatable bonds is 6. The number of ether oxygens (including phenoxy) is 1. The molecule has 0 spiro atoms. The molecule has 26 heavy (non-hydrogen) atoms. The molecule has 7 nitrogen and oxygen atoms in total. The van der Waals surface area contributed by atoms with Crippen LogP contribution in [0, 0.1) is 0 Å². The van der Waals surface area contributed by atoms with Crippen molar-refractivity contribution in [3.05, 3.63) is 77.6 Å². The summed E-state index contributed by atoms with van der Waals surface area (Å²) < 4.78 is 6.81. The number of aromatic nitrogens is 2. The van der Waals surface area contributed by atoms with Gasteiger partial charge >= 0.3 is 0 Å². The van der Waals surface area contributed by atoms with Gasteiger partial charge in [0.05, 0.1) is 19.9 Å². The number of amides is 1. The Kier molecular flexibility index (Phi) is 5.28. The third-order valence-corrected chi connectivity index (χ3v) is 3.71. The molecule has 0 aliphatic heterocycles. The number of benzene rings is 2. The van der Waals surface area contributed by atoms with Crippen molar-refractivity contribution >= 4 is 12.1 Å². The molecule has 132 valence electrons. The molecule has 0 saturated heterocycles. The number of carbonyl (C=O) groups excluding carboxylic acids is 1. The second-order valence-corrected chi connectivity index (χ2v) is 5.50. The monoisotopic (exact) mass is 350 g/mol. The zero-order valence-electron chi connectivity index (χ0n) is 14.2. The van der Waals surface area contributed by atoms with Crippen LogP contribution >= 0.6 is 0 Å². The summed E-state index contributed by atoms with van der Waals surface area (Å²) in [6, 6.07) is 14.1. The van der Waals surface area contributed by atoms with Crippen molar-refractivity contribution in [2.75, 3.05) is 7.11 Å². The summed E-state index contributed by atoms with van der Waals surface area (Å²) in [5.74, 6) is -0.0354. The van der Waals surface area contributed by atoms with Crippen LogP contribution in [-0.2, 0) is 6.54 Å². The first kappa shape index (κ1) is 17.2. The molecule has 1 amide bonds. The highest BCUT2D eigenvalue weighted by molar-refractivity contribution is 5.95. The number of phenols is 1. The Labute approximate surface area is 150 Å². The van der Waals surface area contributed by atoms with Crippen molar-refractivity contribution in [3.63, 3.8) is 0 Å². The van der Waals surface area contributed by atoms with E-state index in [1.165, 1.54) is 13.3 Å². The number of aromatic hydroxyl groups is 1. The second kappa shape index (κ2) is 7.98. The van der Waals surface area contributed by atoms with Crippen molar-refractivity contribution in [2.45, 2.75) is 6.54 Å². The number of nitrogens with one attached hydrogen (secondary N) is 1. The smallest absolute Gasteiger partial charge is 0.271 e. The molecule has 1 heterocycles. The lowest BCUT2D eigenvalue weighted by molar-refractivity contribution is 0.0955. The third-order valence-electron chi connectivity index (χ3n) is 3.71. The highest BCUT2D eigenvalue weighted by Gasteiger charge is 2.07. The van der Waals surface area contributed by atoms with E-state index in [1.54, 1.807) is 41.2 Å². The third kappa shape index (κ3) is 4.07. The number of phenolic OH excluding ortho intramolecular Hbond substituents is 1. The van der Waals surface area contributed by atoms with Crippen LogP contribution in [0.3, 0.4) is 0 Å². The van der Waals surface area contributed by atoms with Crippen LogP contribution in [0.4, 0.5) is 0 Å². The van der Waals surface area contributed by atoms with Crippen molar-refractivity contribution in [3.8, 4) is 11.5 Å². The van der Waals surface area contributed by atoms with Gasteiger partial charge in [-0.15, -0.1) is 0 Å². The number of hydrogen-bond acceptors (Lipinski definition) is 5. The Bertz CT molecular complexity index is 920. The van der Waals surface area contributed by atoms with Crippen LogP contribution in [0.5, 0.6) is 11.5 Å². The fourth-order valence-electron chi connectivity index (χ4n) is 2.43. The molecule has 0 radical (unpaired) electrons. The Morgan fingerprint density at radius 3 is 2.92 bits per heavy atom. The fraction of sp³-hybridized carbons (Fsp3) is 0.105. The van der Waals surface area contributed by atoms with Crippen molar-refractivity contribution in [1.82, 2.24) is 15.2 Å². The standard InChI is InChI=1S/C19H18N4O3/c1-26-17-8-3-7-16(18(17)24)12-20-22-19(25)15-6-2-5-14(11-15)13-23-10-4-9-21-23/h2-12,24H,13H2,1H3,(H,22,25). The predicted molar refractivity (Wildman–Crippen MR) is 97.5 cm³/mol. The molecule has 3 rings (SSSR count). The molecule has 0 saturated carbocycles. The molecular formula is C19H18N4O3. The van der Waals surface area contributed by atoms with Gasteiger partial charge in [-0.05, 0) is 35.9 Å². The average Bonchev–Trinajstić information content (AvgIpc) is 3.16. The number of hydrogen-bond donors (Lipinski definition) is 2. The number of methoxy groups -OCH3 is 1. The van der Waals surface area contributed by atoms with E-state index < -0.39 is 0 Å². The van der Waals surface area contributed by atoms with Gasteiger partial charge in [0.15, 0.2) is 11.5 Å². The highest BCUT2D eigenvalue weighted by Crippen LogP contribution is 2.27. The van der Waals surface area contributed by atoms with Gasteiger partial charge in [0.25, 0.3) is 5.91 Å². The van der Waals surface area contributed by atoms with Crippen LogP contribution in [0.2, 0.25) is 0 Å². The molecule has 0 unspecified atom stereocenters. The van der Waals surface area contributed by atoms with E-state index >= 15 is 0 Å². The van der Waals surface area contributed by atoms with Crippen LogP contribution in [-0.4, -0.2) is 34.1 Å². The number of nitrogens with zero attached hydrogens (tertiary/aromatic N) is 3. The summed E-state index contributed by atoms with van der Waals surface area (Å²) in [6.07, 6.45) is 4.93. The van der Waals surface area contributed by atoms with Crippen molar-refractivity contribution < 1.29 is 14.6 Å². The van der Waals surface area contributed by atoms with E-state index in [2.05, 4.69) is 15.6 Å². The van der Waals surface area contributed by atoms with Crippen molar-refractivity contribution in [1.29, 1.82) is 0 Å². The van der Waals surface area contributed by atoms with E-state index in [0.717, 1.165) is 5.56 Å². The largest absolute Gasteiger partial charge is 0.504 e. The highest BCUT2D eigenvalue weighted by atomic mass is 16.5. The number of carbonyl (C=O) groups is 1. The number of para-hydroxylation sites is 1. The maximum Gasteiger partial charge on any atom is 0.271 e. The maximum atomic E-state index is 12.3. The lowest BCUT2D eigenvalue weighted by atomic mass is 10.1. The number of hydrazone groups is 1. The minimum absolute atomic E-state index is 0.0331. The molecule has 2 N–H and O–H groups in total. The van der Waals surface area contributed by atoms with E-state index in [9.17, 15) is 9.90 Å². The van der Waals surface area contributed by atoms with Gasteiger partial charge in [-0.2, -0.15) is 10.2 Å². The molecular weight excluding hydrogens is 332 g/mol. The van der Waals surface area contributed by atoms with Crippen molar-refractivity contribution in [2.24, 2.45) is 5.10 Å². The Hall–Kier alpha value is -3.61. The zero-order valence-corrected chi connectivity index (χ0v) is 14.2. The topological polar surface area (TPSA) is 88.7 Å². The first-order valence-electron chi connectivity index (χ1n) is 7.93. The van der Waals surface area contributed by atoms with Gasteiger partial charge in [-0.1, -0.05) is 18.2 Å². The van der Waals surface area contributed by atoms with Crippen LogP contribution in [0.15, 0.2) is 66.0 Å². The molecule has 0 fully saturated rings. The van der Waals surface area contributed by atoms with Gasteiger partial charge in [0.1, 0.15) is 0 Å². The minimum Gasteiger partial charge on any atom is -0.504 e. The van der Waals surface area contributed by atoms with Gasteiger partial charge < -0.3 is 9.84 Å². The predicted octanol–water partition coefficient (Wildman–Crippen LogP) is 2.41. The molecule has 7 heteroatoms. The summed E-state index contributed by atoms with van der Waals surface area (Å²) in [5.41, 5.74) is 4.34. The molecule has 0 aliphatic rings. The zero-order chi connectivity index (χ0) is 18.4. The SMILES string of the molecule is COc1cccc(C=NNC(=O)c2cccc(Cn3cccn3)c2)c1O. The molecule has 0 aliphatic carbocycles. The summed E-state index contributed by atoms with van der Waals surface area (Å²) in [4.78, 5) is 12.3. The molecule has 0 bridgehead atoms. The summed E-state index contributed by atoms with van der Waals surface area (Å²) >= 11 is 0. The van der Waals surface area contributed by atoms with Gasteiger partial charge in [-0.25, -0.2) is 5.43 Å².